The van der Waals surface area contributed by atoms with Gasteiger partial charge < -0.3 is 24.4 Å². The number of likely N-dealkylation sites (tertiary alicyclic amines) is 1. The van der Waals surface area contributed by atoms with Crippen molar-refractivity contribution in [1.82, 2.24) is 9.80 Å². The van der Waals surface area contributed by atoms with E-state index in [4.69, 9.17) is 9.47 Å². The Labute approximate surface area is 222 Å². The lowest BCUT2D eigenvalue weighted by atomic mass is 9.70. The first-order valence-corrected chi connectivity index (χ1v) is 13.6. The Morgan fingerprint density at radius 1 is 1.27 bits per heavy atom. The molecule has 8 nitrogen and oxygen atoms in total. The van der Waals surface area contributed by atoms with Crippen molar-refractivity contribution in [3.05, 3.63) is 25.3 Å². The second kappa shape index (κ2) is 10.9. The zero-order chi connectivity index (χ0) is 27.8. The van der Waals surface area contributed by atoms with Crippen LogP contribution in [-0.4, -0.2) is 81.8 Å². The normalized spacial score (nSPS) is 29.7. The van der Waals surface area contributed by atoms with Crippen molar-refractivity contribution in [1.29, 1.82) is 0 Å². The third-order valence-corrected chi connectivity index (χ3v) is 8.16. The summed E-state index contributed by atoms with van der Waals surface area (Å²) in [5.41, 5.74) is -1.71. The van der Waals surface area contributed by atoms with Crippen LogP contribution in [0.25, 0.3) is 0 Å². The van der Waals surface area contributed by atoms with Gasteiger partial charge in [-0.15, -0.1) is 13.2 Å². The molecule has 0 saturated carbocycles. The molecule has 3 saturated heterocycles. The van der Waals surface area contributed by atoms with Gasteiger partial charge in [0.2, 0.25) is 11.8 Å². The average Bonchev–Trinajstić information content (AvgIpc) is 3.44. The molecule has 0 aromatic rings. The van der Waals surface area contributed by atoms with Crippen LogP contribution in [0.3, 0.4) is 0 Å². The molecule has 8 heteroatoms. The Balaban J connectivity index is 2.07. The van der Waals surface area contributed by atoms with Crippen molar-refractivity contribution >= 4 is 17.8 Å². The zero-order valence-corrected chi connectivity index (χ0v) is 23.5. The standard InChI is InChI=1S/C29H46N2O6/c1-9-12-16-36-26(35)21-20-13-14-29(37-20)22(21)24(33)31(19(11-3)17-32)23(29)25(34)30(15-10-2)28(7,8)18-27(4,5)6/h9-10,19-23,32H,1-2,11-18H2,3-8H3/t19-,20-,21+,22-,23?,29?/m0/s1. The molecular weight excluding hydrogens is 472 g/mol. The second-order valence-corrected chi connectivity index (χ2v) is 12.6. The zero-order valence-electron chi connectivity index (χ0n) is 23.5. The molecule has 0 aliphatic carbocycles. The van der Waals surface area contributed by atoms with Crippen LogP contribution in [0.2, 0.25) is 0 Å². The molecule has 0 aromatic carbocycles. The van der Waals surface area contributed by atoms with Crippen molar-refractivity contribution in [2.24, 2.45) is 17.3 Å². The van der Waals surface area contributed by atoms with E-state index in [9.17, 15) is 19.5 Å². The smallest absolute Gasteiger partial charge is 0.312 e. The number of amides is 2. The molecule has 2 unspecified atom stereocenters. The van der Waals surface area contributed by atoms with Crippen LogP contribution in [-0.2, 0) is 23.9 Å². The number of carbonyl (C=O) groups is 3. The van der Waals surface area contributed by atoms with Crippen LogP contribution in [0.15, 0.2) is 25.3 Å². The minimum atomic E-state index is -1.12. The predicted molar refractivity (Wildman–Crippen MR) is 141 cm³/mol. The highest BCUT2D eigenvalue weighted by Gasteiger charge is 2.75. The number of ether oxygens (including phenoxy) is 2. The topological polar surface area (TPSA) is 96.4 Å². The lowest BCUT2D eigenvalue weighted by Gasteiger charge is -2.46. The summed E-state index contributed by atoms with van der Waals surface area (Å²) in [5, 5.41) is 10.2. The Kier molecular flexibility index (Phi) is 8.64. The molecule has 3 rings (SSSR count). The summed E-state index contributed by atoms with van der Waals surface area (Å²) < 4.78 is 12.0. The van der Waals surface area contributed by atoms with E-state index in [2.05, 4.69) is 33.9 Å². The Morgan fingerprint density at radius 3 is 2.49 bits per heavy atom. The van der Waals surface area contributed by atoms with E-state index in [1.54, 1.807) is 17.1 Å². The van der Waals surface area contributed by atoms with Gasteiger partial charge in [0, 0.05) is 12.1 Å². The van der Waals surface area contributed by atoms with Gasteiger partial charge in [0.1, 0.15) is 11.6 Å². The first-order valence-electron chi connectivity index (χ1n) is 13.6. The molecule has 3 fully saturated rings. The van der Waals surface area contributed by atoms with Gasteiger partial charge in [0.15, 0.2) is 0 Å². The first-order chi connectivity index (χ1) is 17.3. The second-order valence-electron chi connectivity index (χ2n) is 12.6. The van der Waals surface area contributed by atoms with Crippen LogP contribution in [0.5, 0.6) is 0 Å². The van der Waals surface area contributed by atoms with E-state index in [1.807, 2.05) is 20.8 Å². The lowest BCUT2D eigenvalue weighted by Crippen LogP contribution is -2.62. The molecule has 3 heterocycles. The fraction of sp³-hybridized carbons (Fsp3) is 0.759. The van der Waals surface area contributed by atoms with Crippen molar-refractivity contribution < 1.29 is 29.0 Å². The highest BCUT2D eigenvalue weighted by atomic mass is 16.6. The molecule has 3 aliphatic heterocycles. The van der Waals surface area contributed by atoms with Gasteiger partial charge in [-0.1, -0.05) is 39.8 Å². The van der Waals surface area contributed by atoms with Gasteiger partial charge in [-0.25, -0.2) is 0 Å². The monoisotopic (exact) mass is 518 g/mol. The van der Waals surface area contributed by atoms with Crippen molar-refractivity contribution in [2.45, 2.75) is 103 Å². The molecule has 0 aromatic heterocycles. The molecule has 2 amide bonds. The number of nitrogens with zero attached hydrogens (tertiary/aromatic N) is 2. The maximum atomic E-state index is 14.6. The number of hydrogen-bond donors (Lipinski definition) is 1. The van der Waals surface area contributed by atoms with Crippen LogP contribution in [0.4, 0.5) is 0 Å². The molecule has 0 radical (unpaired) electrons. The molecule has 208 valence electrons. The van der Waals surface area contributed by atoms with E-state index < -0.39 is 47.1 Å². The quantitative estimate of drug-likeness (QED) is 0.241. The summed E-state index contributed by atoms with van der Waals surface area (Å²) in [6.45, 7) is 20.1. The Bertz CT molecular complexity index is 905. The number of carbonyl (C=O) groups excluding carboxylic acids is 3. The summed E-state index contributed by atoms with van der Waals surface area (Å²) in [7, 11) is 0. The van der Waals surface area contributed by atoms with E-state index in [1.165, 1.54) is 4.90 Å². The molecule has 6 atom stereocenters. The minimum Gasteiger partial charge on any atom is -0.465 e. The highest BCUT2D eigenvalue weighted by Crippen LogP contribution is 2.59. The SMILES string of the molecule is C=CCCOC(=O)[C@@H]1[C@@H]2CCC3(O2)C(C(=O)N(CC=C)C(C)(C)CC(C)(C)C)N([C@@H](CC)CO)C(=O)[C@H]13. The van der Waals surface area contributed by atoms with Crippen LogP contribution >= 0.6 is 0 Å². The highest BCUT2D eigenvalue weighted by molar-refractivity contribution is 5.98. The number of fused-ring (bicyclic) bond motifs is 1. The van der Waals surface area contributed by atoms with Gasteiger partial charge in [-0.3, -0.25) is 14.4 Å². The molecule has 37 heavy (non-hydrogen) atoms. The molecule has 3 aliphatic rings. The van der Waals surface area contributed by atoms with E-state index >= 15 is 0 Å². The molecule has 2 bridgehead atoms. The van der Waals surface area contributed by atoms with Gasteiger partial charge >= 0.3 is 5.97 Å². The van der Waals surface area contributed by atoms with Gasteiger partial charge in [0.05, 0.1) is 37.2 Å². The fourth-order valence-corrected chi connectivity index (χ4v) is 7.09. The predicted octanol–water partition coefficient (Wildman–Crippen LogP) is 3.48. The third kappa shape index (κ3) is 5.24. The van der Waals surface area contributed by atoms with E-state index in [0.717, 1.165) is 6.42 Å². The van der Waals surface area contributed by atoms with Crippen LogP contribution in [0, 0.1) is 17.3 Å². The summed E-state index contributed by atoms with van der Waals surface area (Å²) in [5.74, 6) is -2.57. The summed E-state index contributed by atoms with van der Waals surface area (Å²) >= 11 is 0. The van der Waals surface area contributed by atoms with E-state index in [0.29, 0.717) is 32.2 Å². The molecular formula is C29H46N2O6. The maximum absolute atomic E-state index is 14.6. The van der Waals surface area contributed by atoms with Gasteiger partial charge in [-0.05, 0) is 51.4 Å². The van der Waals surface area contributed by atoms with Gasteiger partial charge in [-0.2, -0.15) is 0 Å². The Morgan fingerprint density at radius 2 is 1.95 bits per heavy atom. The summed E-state index contributed by atoms with van der Waals surface area (Å²) in [6.07, 6.45) is 5.70. The minimum absolute atomic E-state index is 0.0468. The van der Waals surface area contributed by atoms with E-state index in [-0.39, 0.29) is 30.4 Å². The number of rotatable bonds is 12. The first kappa shape index (κ1) is 29.4. The van der Waals surface area contributed by atoms with Crippen molar-refractivity contribution in [3.63, 3.8) is 0 Å². The third-order valence-electron chi connectivity index (χ3n) is 8.16. The number of aliphatic hydroxyl groups is 1. The molecule has 1 spiro atoms. The van der Waals surface area contributed by atoms with Crippen LogP contribution in [0.1, 0.15) is 73.6 Å². The maximum Gasteiger partial charge on any atom is 0.312 e. The summed E-state index contributed by atoms with van der Waals surface area (Å²) in [6, 6.07) is -1.49. The largest absolute Gasteiger partial charge is 0.465 e. The summed E-state index contributed by atoms with van der Waals surface area (Å²) in [4.78, 5) is 45.1. The van der Waals surface area contributed by atoms with Gasteiger partial charge in [0.25, 0.3) is 0 Å². The van der Waals surface area contributed by atoms with Crippen molar-refractivity contribution in [3.8, 4) is 0 Å². The average molecular weight is 519 g/mol. The Hall–Kier alpha value is -2.19. The number of esters is 1. The lowest BCUT2D eigenvalue weighted by molar-refractivity contribution is -0.158. The van der Waals surface area contributed by atoms with Crippen LogP contribution < -0.4 is 0 Å². The molecule has 1 N–H and O–H groups in total. The van der Waals surface area contributed by atoms with Crippen molar-refractivity contribution in [2.75, 3.05) is 19.8 Å². The number of hydrogen-bond acceptors (Lipinski definition) is 6. The number of aliphatic hydroxyl groups excluding tert-OH is 1. The fourth-order valence-electron chi connectivity index (χ4n) is 7.09.